The first-order valence-electron chi connectivity index (χ1n) is 13.3. The molecule has 2 N–H and O–H groups in total. The Kier molecular flexibility index (Phi) is 7.11. The van der Waals surface area contributed by atoms with Gasteiger partial charge in [0.1, 0.15) is 17.1 Å². The fourth-order valence-electron chi connectivity index (χ4n) is 5.73. The van der Waals surface area contributed by atoms with Crippen molar-refractivity contribution in [3.8, 4) is 11.5 Å². The first kappa shape index (κ1) is 26.8. The van der Waals surface area contributed by atoms with Gasteiger partial charge in [0.05, 0.1) is 17.6 Å². The van der Waals surface area contributed by atoms with Crippen LogP contribution in [-0.4, -0.2) is 36.1 Å². The molecule has 5 rings (SSSR count). The van der Waals surface area contributed by atoms with Crippen molar-refractivity contribution >= 4 is 5.97 Å². The molecule has 0 spiro atoms. The number of nitrogens with one attached hydrogen (secondary N) is 2. The van der Waals surface area contributed by atoms with Gasteiger partial charge in [-0.3, -0.25) is 4.79 Å². The average molecular weight is 533 g/mol. The third-order valence-electron chi connectivity index (χ3n) is 7.45. The number of benzene rings is 2. The maximum Gasteiger partial charge on any atom is 0.573 e. The summed E-state index contributed by atoms with van der Waals surface area (Å²) >= 11 is 0. The minimum Gasteiger partial charge on any atom is -0.490 e. The highest BCUT2D eigenvalue weighted by Gasteiger charge is 2.56. The molecule has 4 atom stereocenters. The van der Waals surface area contributed by atoms with Gasteiger partial charge in [-0.05, 0) is 76.6 Å². The Morgan fingerprint density at radius 2 is 1.79 bits per heavy atom. The Hall–Kier alpha value is -2.78. The zero-order chi connectivity index (χ0) is 27.1. The summed E-state index contributed by atoms with van der Waals surface area (Å²) in [5.74, 6) is -0.213. The molecule has 1 aliphatic carbocycles. The van der Waals surface area contributed by atoms with Gasteiger partial charge in [-0.2, -0.15) is 0 Å². The van der Waals surface area contributed by atoms with Crippen LogP contribution in [0.3, 0.4) is 0 Å². The lowest BCUT2D eigenvalue weighted by Crippen LogP contribution is -2.58. The lowest BCUT2D eigenvalue weighted by Gasteiger charge is -2.43. The molecule has 6 nitrogen and oxygen atoms in total. The van der Waals surface area contributed by atoms with Crippen molar-refractivity contribution in [1.82, 2.24) is 10.6 Å². The highest BCUT2D eigenvalue weighted by atomic mass is 19.4. The maximum absolute atomic E-state index is 13.2. The number of alkyl halides is 3. The number of ether oxygens (including phenoxy) is 3. The Balaban J connectivity index is 1.40. The van der Waals surface area contributed by atoms with E-state index in [1.54, 1.807) is 6.07 Å². The molecular weight excluding hydrogens is 497 g/mol. The minimum absolute atomic E-state index is 0.0135. The van der Waals surface area contributed by atoms with E-state index >= 15 is 0 Å². The summed E-state index contributed by atoms with van der Waals surface area (Å²) in [7, 11) is 0. The number of carbonyl (C=O) groups excluding carboxylic acids is 1. The topological polar surface area (TPSA) is 68.8 Å². The average Bonchev–Trinajstić information content (AvgIpc) is 3.59. The van der Waals surface area contributed by atoms with Crippen molar-refractivity contribution in [3.05, 3.63) is 59.7 Å². The maximum atomic E-state index is 13.2. The highest BCUT2D eigenvalue weighted by molar-refractivity contribution is 5.75. The van der Waals surface area contributed by atoms with Gasteiger partial charge in [-0.25, -0.2) is 0 Å². The molecule has 2 saturated heterocycles. The van der Waals surface area contributed by atoms with Gasteiger partial charge in [0.2, 0.25) is 0 Å². The van der Waals surface area contributed by atoms with Crippen LogP contribution in [0.15, 0.2) is 48.5 Å². The normalized spacial score (nSPS) is 27.2. The molecule has 2 aromatic rings. The first-order chi connectivity index (χ1) is 17.9. The number of rotatable bonds is 8. The summed E-state index contributed by atoms with van der Waals surface area (Å²) in [6.07, 6.45) is -0.668. The SMILES string of the molecule is CC(C)(C)OC(=O)[C@@H]1C[C@]2(c3ccccc3)N[C@H]1CC[C@H]2NCc1cc(OC(F)(F)F)ccc1OC1CC1. The van der Waals surface area contributed by atoms with E-state index in [2.05, 4.69) is 27.5 Å². The zero-order valence-electron chi connectivity index (χ0n) is 21.9. The van der Waals surface area contributed by atoms with Crippen molar-refractivity contribution in [2.24, 2.45) is 5.92 Å². The molecule has 3 fully saturated rings. The largest absolute Gasteiger partial charge is 0.573 e. The van der Waals surface area contributed by atoms with E-state index in [1.165, 1.54) is 12.1 Å². The molecule has 0 aromatic heterocycles. The van der Waals surface area contributed by atoms with Gasteiger partial charge in [0.15, 0.2) is 0 Å². The molecule has 2 bridgehead atoms. The fraction of sp³-hybridized carbons (Fsp3) is 0.552. The van der Waals surface area contributed by atoms with Crippen LogP contribution in [0.2, 0.25) is 0 Å². The number of esters is 1. The second-order valence-electron chi connectivity index (χ2n) is 11.6. The van der Waals surface area contributed by atoms with Crippen molar-refractivity contribution < 1.29 is 32.2 Å². The van der Waals surface area contributed by atoms with Gasteiger partial charge in [-0.15, -0.1) is 13.2 Å². The molecule has 2 heterocycles. The van der Waals surface area contributed by atoms with Crippen LogP contribution in [0.1, 0.15) is 64.0 Å². The van der Waals surface area contributed by atoms with Gasteiger partial charge in [0.25, 0.3) is 0 Å². The lowest BCUT2D eigenvalue weighted by molar-refractivity contribution is -0.274. The predicted octanol–water partition coefficient (Wildman–Crippen LogP) is 5.59. The summed E-state index contributed by atoms with van der Waals surface area (Å²) in [5, 5.41) is 7.36. The second kappa shape index (κ2) is 10.1. The molecule has 2 aromatic carbocycles. The van der Waals surface area contributed by atoms with Crippen LogP contribution in [0.5, 0.6) is 11.5 Å². The van der Waals surface area contributed by atoms with Gasteiger partial charge in [0, 0.05) is 24.2 Å². The van der Waals surface area contributed by atoms with Crippen LogP contribution < -0.4 is 20.1 Å². The summed E-state index contributed by atoms with van der Waals surface area (Å²) < 4.78 is 54.6. The number of fused-ring (bicyclic) bond motifs is 2. The molecule has 206 valence electrons. The second-order valence-corrected chi connectivity index (χ2v) is 11.6. The van der Waals surface area contributed by atoms with Crippen molar-refractivity contribution in [3.63, 3.8) is 0 Å². The van der Waals surface area contributed by atoms with E-state index in [0.717, 1.165) is 31.2 Å². The summed E-state index contributed by atoms with van der Waals surface area (Å²) in [6, 6.07) is 14.2. The standard InChI is InChI=1S/C29H35F3N2O4/c1-27(2,3)38-26(35)22-16-28(19-7-5-4-6-8-19)25(14-12-23(22)34-28)33-17-18-15-21(37-29(30,31)32)11-13-24(18)36-20-9-10-20/h4-8,11,13,15,20,22-23,25,33-34H,9-10,12,14,16-17H2,1-3H3/t22-,23+,25-,28-/m1/s1. The lowest BCUT2D eigenvalue weighted by atomic mass is 9.78. The Morgan fingerprint density at radius 3 is 2.45 bits per heavy atom. The first-order valence-corrected chi connectivity index (χ1v) is 13.3. The third kappa shape index (κ3) is 6.10. The quantitative estimate of drug-likeness (QED) is 0.432. The van der Waals surface area contributed by atoms with E-state index in [0.29, 0.717) is 24.3 Å². The number of halogens is 3. The Bertz CT molecular complexity index is 1150. The molecule has 38 heavy (non-hydrogen) atoms. The summed E-state index contributed by atoms with van der Waals surface area (Å²) in [4.78, 5) is 13.2. The third-order valence-corrected chi connectivity index (χ3v) is 7.45. The van der Waals surface area contributed by atoms with E-state index < -0.39 is 17.5 Å². The number of hydrogen-bond donors (Lipinski definition) is 2. The van der Waals surface area contributed by atoms with Gasteiger partial charge < -0.3 is 24.8 Å². The van der Waals surface area contributed by atoms with E-state index in [9.17, 15) is 18.0 Å². The molecule has 3 aliphatic rings. The number of piperidine rings is 1. The smallest absolute Gasteiger partial charge is 0.490 e. The zero-order valence-corrected chi connectivity index (χ0v) is 21.9. The van der Waals surface area contributed by atoms with E-state index in [-0.39, 0.29) is 35.8 Å². The molecule has 0 amide bonds. The minimum atomic E-state index is -4.77. The molecule has 0 unspecified atom stereocenters. The summed E-state index contributed by atoms with van der Waals surface area (Å²) in [6.45, 7) is 5.90. The number of hydrogen-bond acceptors (Lipinski definition) is 6. The van der Waals surface area contributed by atoms with Crippen LogP contribution in [0.4, 0.5) is 13.2 Å². The van der Waals surface area contributed by atoms with Crippen LogP contribution in [-0.2, 0) is 21.6 Å². The highest BCUT2D eigenvalue weighted by Crippen LogP contribution is 2.47. The van der Waals surface area contributed by atoms with Crippen LogP contribution >= 0.6 is 0 Å². The van der Waals surface area contributed by atoms with Crippen LogP contribution in [0, 0.1) is 5.92 Å². The van der Waals surface area contributed by atoms with Crippen molar-refractivity contribution in [2.75, 3.05) is 0 Å². The van der Waals surface area contributed by atoms with Gasteiger partial charge in [-0.1, -0.05) is 30.3 Å². The van der Waals surface area contributed by atoms with Crippen molar-refractivity contribution in [2.45, 2.75) is 95.1 Å². The summed E-state index contributed by atoms with van der Waals surface area (Å²) in [5.41, 5.74) is 0.568. The molecule has 1 saturated carbocycles. The van der Waals surface area contributed by atoms with E-state index in [4.69, 9.17) is 9.47 Å². The van der Waals surface area contributed by atoms with Crippen molar-refractivity contribution in [1.29, 1.82) is 0 Å². The molecule has 9 heteroatoms. The monoisotopic (exact) mass is 532 g/mol. The Labute approximate surface area is 221 Å². The molecular formula is C29H35F3N2O4. The Morgan fingerprint density at radius 1 is 1.05 bits per heavy atom. The van der Waals surface area contributed by atoms with E-state index in [1.807, 2.05) is 39.0 Å². The fourth-order valence-corrected chi connectivity index (χ4v) is 5.73. The number of carbonyl (C=O) groups is 1. The molecule has 0 radical (unpaired) electrons. The van der Waals surface area contributed by atoms with Gasteiger partial charge >= 0.3 is 12.3 Å². The predicted molar refractivity (Wildman–Crippen MR) is 136 cm³/mol. The molecule has 2 aliphatic heterocycles. The van der Waals surface area contributed by atoms with Crippen LogP contribution in [0.25, 0.3) is 0 Å².